The molecule has 0 bridgehead atoms. The second kappa shape index (κ2) is 7.51. The molecule has 27 heavy (non-hydrogen) atoms. The minimum Gasteiger partial charge on any atom is -0.497 e. The first-order valence-electron chi connectivity index (χ1n) is 8.10. The molecule has 2 aromatic rings. The Hall–Kier alpha value is -2.69. The lowest BCUT2D eigenvalue weighted by molar-refractivity contribution is 0.403. The number of methoxy groups -OCH3 is 1. The normalized spacial score (nSPS) is 15.9. The van der Waals surface area contributed by atoms with Gasteiger partial charge in [-0.25, -0.2) is 0 Å². The van der Waals surface area contributed by atoms with Crippen molar-refractivity contribution in [2.45, 2.75) is 17.9 Å². The number of nitrogens with one attached hydrogen (secondary N) is 1. The Kier molecular flexibility index (Phi) is 5.31. The van der Waals surface area contributed by atoms with E-state index in [1.54, 1.807) is 37.3 Å². The molecule has 0 aliphatic carbocycles. The lowest BCUT2D eigenvalue weighted by Crippen LogP contribution is -2.31. The van der Waals surface area contributed by atoms with Crippen LogP contribution in [0.3, 0.4) is 0 Å². The van der Waals surface area contributed by atoms with Gasteiger partial charge in [-0.2, -0.15) is 17.9 Å². The fourth-order valence-electron chi connectivity index (χ4n) is 2.75. The highest BCUT2D eigenvalue weighted by atomic mass is 32.2. The van der Waals surface area contributed by atoms with Crippen molar-refractivity contribution < 1.29 is 23.2 Å². The molecule has 140 valence electrons. The van der Waals surface area contributed by atoms with Crippen LogP contribution in [0.4, 0.5) is 0 Å². The largest absolute Gasteiger partial charge is 0.497 e. The second-order valence-corrected chi connectivity index (χ2v) is 7.50. The molecule has 10 heteroatoms. The van der Waals surface area contributed by atoms with Crippen LogP contribution in [0, 0.1) is 0 Å². The standard InChI is InChI=1S/C17H18BN3O5S/c1-11(17-13-5-3-4-6-16(13)27(24,25)21-17)20-19-10-12-7-8-14(18(22)23)15(9-12)26-2/h3-11,20,22-23H,1-2H3/b19-10+. The molecule has 1 atom stereocenters. The van der Waals surface area contributed by atoms with Crippen LogP contribution in [-0.2, 0) is 10.0 Å². The van der Waals surface area contributed by atoms with E-state index in [4.69, 9.17) is 4.74 Å². The lowest BCUT2D eigenvalue weighted by atomic mass is 9.79. The summed E-state index contributed by atoms with van der Waals surface area (Å²) in [5, 5.41) is 22.7. The van der Waals surface area contributed by atoms with Gasteiger partial charge in [0.2, 0.25) is 0 Å². The van der Waals surface area contributed by atoms with Crippen molar-refractivity contribution in [2.75, 3.05) is 7.11 Å². The summed E-state index contributed by atoms with van der Waals surface area (Å²) in [6, 6.07) is 11.0. The molecular weight excluding hydrogens is 369 g/mol. The molecule has 1 heterocycles. The van der Waals surface area contributed by atoms with Crippen molar-refractivity contribution in [1.82, 2.24) is 5.43 Å². The Balaban J connectivity index is 1.76. The van der Waals surface area contributed by atoms with Crippen molar-refractivity contribution in [3.05, 3.63) is 53.6 Å². The number of benzene rings is 2. The third-order valence-corrected chi connectivity index (χ3v) is 5.44. The summed E-state index contributed by atoms with van der Waals surface area (Å²) < 4.78 is 33.2. The number of nitrogens with zero attached hydrogens (tertiary/aromatic N) is 2. The average Bonchev–Trinajstić information content (AvgIpc) is 2.93. The second-order valence-electron chi connectivity index (χ2n) is 5.93. The zero-order chi connectivity index (χ0) is 19.6. The summed E-state index contributed by atoms with van der Waals surface area (Å²) in [5.41, 5.74) is 4.74. The van der Waals surface area contributed by atoms with Crippen LogP contribution < -0.4 is 15.6 Å². The monoisotopic (exact) mass is 387 g/mol. The maximum absolute atomic E-state index is 12.1. The SMILES string of the molecule is COc1cc(/C=N/NC(C)C2=NS(=O)(=O)c3ccccc32)ccc1B(O)O. The topological polar surface area (TPSA) is 121 Å². The molecule has 0 amide bonds. The summed E-state index contributed by atoms with van der Waals surface area (Å²) in [4.78, 5) is 0.195. The van der Waals surface area contributed by atoms with E-state index in [0.717, 1.165) is 0 Å². The van der Waals surface area contributed by atoms with Gasteiger partial charge in [-0.15, -0.1) is 0 Å². The lowest BCUT2D eigenvalue weighted by Gasteiger charge is -2.11. The van der Waals surface area contributed by atoms with Gasteiger partial charge in [-0.05, 0) is 24.6 Å². The number of hydrogen-bond acceptors (Lipinski definition) is 7. The van der Waals surface area contributed by atoms with Gasteiger partial charge in [-0.1, -0.05) is 30.3 Å². The molecule has 0 saturated heterocycles. The first-order valence-corrected chi connectivity index (χ1v) is 9.54. The fraction of sp³-hybridized carbons (Fsp3) is 0.176. The molecule has 3 N–H and O–H groups in total. The molecule has 0 fully saturated rings. The van der Waals surface area contributed by atoms with E-state index in [0.29, 0.717) is 22.6 Å². The van der Waals surface area contributed by atoms with Crippen LogP contribution >= 0.6 is 0 Å². The minimum absolute atomic E-state index is 0.195. The maximum atomic E-state index is 12.1. The average molecular weight is 387 g/mol. The molecule has 0 radical (unpaired) electrons. The molecule has 2 aromatic carbocycles. The third kappa shape index (κ3) is 3.87. The van der Waals surface area contributed by atoms with Gasteiger partial charge in [0.05, 0.1) is 30.0 Å². The molecule has 1 unspecified atom stereocenters. The Morgan fingerprint density at radius 1 is 1.26 bits per heavy atom. The van der Waals surface area contributed by atoms with Crippen molar-refractivity contribution in [3.8, 4) is 5.75 Å². The Labute approximate surface area is 157 Å². The van der Waals surface area contributed by atoms with Gasteiger partial charge in [0.15, 0.2) is 0 Å². The Morgan fingerprint density at radius 3 is 2.70 bits per heavy atom. The predicted molar refractivity (Wildman–Crippen MR) is 103 cm³/mol. The highest BCUT2D eigenvalue weighted by Gasteiger charge is 2.30. The fourth-order valence-corrected chi connectivity index (χ4v) is 4.06. The Bertz CT molecular complexity index is 1020. The maximum Gasteiger partial charge on any atom is 0.492 e. The zero-order valence-electron chi connectivity index (χ0n) is 14.7. The summed E-state index contributed by atoms with van der Waals surface area (Å²) >= 11 is 0. The summed E-state index contributed by atoms with van der Waals surface area (Å²) in [6.45, 7) is 1.76. The predicted octanol–water partition coefficient (Wildman–Crippen LogP) is -0.121. The zero-order valence-corrected chi connectivity index (χ0v) is 15.5. The van der Waals surface area contributed by atoms with E-state index in [-0.39, 0.29) is 10.4 Å². The first kappa shape index (κ1) is 19.1. The van der Waals surface area contributed by atoms with E-state index in [9.17, 15) is 18.5 Å². The van der Waals surface area contributed by atoms with Crippen LogP contribution in [0.15, 0.2) is 56.9 Å². The van der Waals surface area contributed by atoms with Crippen molar-refractivity contribution in [3.63, 3.8) is 0 Å². The number of rotatable bonds is 6. The highest BCUT2D eigenvalue weighted by molar-refractivity contribution is 7.90. The van der Waals surface area contributed by atoms with Gasteiger partial charge in [0.1, 0.15) is 5.75 Å². The minimum atomic E-state index is -3.67. The van der Waals surface area contributed by atoms with Gasteiger partial charge in [-0.3, -0.25) is 0 Å². The molecule has 0 aromatic heterocycles. The van der Waals surface area contributed by atoms with E-state index in [2.05, 4.69) is 14.9 Å². The smallest absolute Gasteiger partial charge is 0.492 e. The molecule has 0 saturated carbocycles. The molecule has 0 spiro atoms. The van der Waals surface area contributed by atoms with Crippen LogP contribution in [-0.4, -0.2) is 50.7 Å². The molecule has 1 aliphatic heterocycles. The van der Waals surface area contributed by atoms with Crippen molar-refractivity contribution >= 4 is 34.5 Å². The number of hydrogen-bond donors (Lipinski definition) is 3. The van der Waals surface area contributed by atoms with Crippen LogP contribution in [0.2, 0.25) is 0 Å². The van der Waals surface area contributed by atoms with Gasteiger partial charge in [0, 0.05) is 11.0 Å². The summed E-state index contributed by atoms with van der Waals surface area (Å²) in [5.74, 6) is 0.321. The highest BCUT2D eigenvalue weighted by Crippen LogP contribution is 2.27. The molecular formula is C17H18BN3O5S. The van der Waals surface area contributed by atoms with Crippen LogP contribution in [0.5, 0.6) is 5.75 Å². The van der Waals surface area contributed by atoms with Crippen LogP contribution in [0.25, 0.3) is 0 Å². The number of sulfonamides is 1. The van der Waals surface area contributed by atoms with Crippen molar-refractivity contribution in [2.24, 2.45) is 9.50 Å². The van der Waals surface area contributed by atoms with E-state index in [1.165, 1.54) is 25.5 Å². The first-order chi connectivity index (χ1) is 12.8. The number of fused-ring (bicyclic) bond motifs is 1. The molecule has 8 nitrogen and oxygen atoms in total. The molecule has 3 rings (SSSR count). The van der Waals surface area contributed by atoms with Gasteiger partial charge in [0.25, 0.3) is 10.0 Å². The van der Waals surface area contributed by atoms with Gasteiger partial charge < -0.3 is 20.2 Å². The van der Waals surface area contributed by atoms with E-state index in [1.807, 2.05) is 0 Å². The van der Waals surface area contributed by atoms with Crippen LogP contribution in [0.1, 0.15) is 18.1 Å². The quantitative estimate of drug-likeness (QED) is 0.361. The Morgan fingerprint density at radius 2 is 2.00 bits per heavy atom. The van der Waals surface area contributed by atoms with Crippen molar-refractivity contribution in [1.29, 1.82) is 0 Å². The number of hydrazone groups is 1. The summed E-state index contributed by atoms with van der Waals surface area (Å²) in [7, 11) is -3.87. The van der Waals surface area contributed by atoms with Gasteiger partial charge >= 0.3 is 7.12 Å². The third-order valence-electron chi connectivity index (χ3n) is 4.09. The molecule has 1 aliphatic rings. The van der Waals surface area contributed by atoms with E-state index >= 15 is 0 Å². The number of ether oxygens (including phenoxy) is 1. The van der Waals surface area contributed by atoms with E-state index < -0.39 is 23.2 Å². The summed E-state index contributed by atoms with van der Waals surface area (Å²) in [6.07, 6.45) is 1.52.